The van der Waals surface area contributed by atoms with Crippen LogP contribution in [-0.4, -0.2) is 61.7 Å². The molecular formula is C37H44N4O7. The number of fused-ring (bicyclic) bond motifs is 7. The summed E-state index contributed by atoms with van der Waals surface area (Å²) >= 11 is 0. The van der Waals surface area contributed by atoms with Crippen LogP contribution in [0.25, 0.3) is 11.1 Å². The largest absolute Gasteiger partial charge is 0.493 e. The third-order valence-corrected chi connectivity index (χ3v) is 9.95. The van der Waals surface area contributed by atoms with Crippen LogP contribution in [0.5, 0.6) is 17.2 Å². The molecule has 1 saturated heterocycles. The van der Waals surface area contributed by atoms with Gasteiger partial charge in [-0.3, -0.25) is 19.2 Å². The van der Waals surface area contributed by atoms with Crippen LogP contribution in [0.2, 0.25) is 0 Å². The van der Waals surface area contributed by atoms with E-state index in [2.05, 4.69) is 10.6 Å². The van der Waals surface area contributed by atoms with Gasteiger partial charge in [0.25, 0.3) is 5.56 Å². The third kappa shape index (κ3) is 6.02. The predicted molar refractivity (Wildman–Crippen MR) is 183 cm³/mol. The zero-order valence-electron chi connectivity index (χ0n) is 28.4. The molecule has 0 spiro atoms. The summed E-state index contributed by atoms with van der Waals surface area (Å²) in [4.78, 5) is 55.0. The topological polar surface area (TPSA) is 128 Å². The van der Waals surface area contributed by atoms with Crippen molar-refractivity contribution in [3.05, 3.63) is 79.9 Å². The lowest BCUT2D eigenvalue weighted by Gasteiger charge is -2.44. The van der Waals surface area contributed by atoms with Gasteiger partial charge < -0.3 is 34.3 Å². The maximum Gasteiger partial charge on any atom is 0.250 e. The van der Waals surface area contributed by atoms with Crippen molar-refractivity contribution in [3.63, 3.8) is 0 Å². The number of methoxy groups -OCH3 is 3. The Morgan fingerprint density at radius 1 is 0.938 bits per heavy atom. The van der Waals surface area contributed by atoms with Gasteiger partial charge in [-0.25, -0.2) is 0 Å². The van der Waals surface area contributed by atoms with Crippen LogP contribution in [-0.2, 0) is 22.6 Å². The van der Waals surface area contributed by atoms with E-state index in [0.29, 0.717) is 55.3 Å². The number of pyridine rings is 1. The molecule has 2 bridgehead atoms. The summed E-state index contributed by atoms with van der Waals surface area (Å²) in [6.07, 6.45) is 2.08. The minimum absolute atomic E-state index is 0.000546. The number of amides is 2. The smallest absolute Gasteiger partial charge is 0.250 e. The molecule has 11 nitrogen and oxygen atoms in total. The highest BCUT2D eigenvalue weighted by atomic mass is 16.5. The van der Waals surface area contributed by atoms with Crippen molar-refractivity contribution in [3.8, 4) is 28.4 Å². The highest BCUT2D eigenvalue weighted by Gasteiger charge is 2.39. The molecule has 48 heavy (non-hydrogen) atoms. The predicted octanol–water partition coefficient (Wildman–Crippen LogP) is 4.11. The van der Waals surface area contributed by atoms with E-state index in [4.69, 9.17) is 14.2 Å². The molecule has 4 atom stereocenters. The molecule has 3 aromatic rings. The van der Waals surface area contributed by atoms with E-state index < -0.39 is 12.1 Å². The SMILES string of the molecule is COc1cc2c(c(OC)c1OC)-c1ccc(N[C@H](C(=O)N3C[C@@H]4C[C@H](C3)c3cccc(=O)n3C4)C(C)C)c(=O)cc1[C@@H](NC(C)=O)CC2. The molecule has 0 radical (unpaired) electrons. The van der Waals surface area contributed by atoms with Gasteiger partial charge in [0.05, 0.1) is 33.1 Å². The Labute approximate surface area is 280 Å². The van der Waals surface area contributed by atoms with E-state index in [9.17, 15) is 19.2 Å². The van der Waals surface area contributed by atoms with Crippen molar-refractivity contribution in [2.45, 2.75) is 64.6 Å². The van der Waals surface area contributed by atoms with Gasteiger partial charge >= 0.3 is 0 Å². The molecule has 11 heteroatoms. The van der Waals surface area contributed by atoms with E-state index in [-0.39, 0.29) is 46.2 Å². The van der Waals surface area contributed by atoms with Crippen LogP contribution in [0.3, 0.4) is 0 Å². The number of aryl methyl sites for hydroxylation is 1. The number of nitrogens with zero attached hydrogens (tertiary/aromatic N) is 2. The molecular weight excluding hydrogens is 612 g/mol. The summed E-state index contributed by atoms with van der Waals surface area (Å²) in [7, 11) is 4.68. The molecule has 6 rings (SSSR count). The first-order valence-electron chi connectivity index (χ1n) is 16.6. The molecule has 1 aliphatic carbocycles. The number of carbonyl (C=O) groups is 2. The number of carbonyl (C=O) groups excluding carboxylic acids is 2. The number of hydrogen-bond donors (Lipinski definition) is 2. The molecule has 254 valence electrons. The zero-order chi connectivity index (χ0) is 34.3. The Kier molecular flexibility index (Phi) is 9.22. The number of anilines is 1. The average Bonchev–Trinajstić information content (AvgIpc) is 3.30. The number of benzene rings is 1. The second kappa shape index (κ2) is 13.4. The number of hydrogen-bond acceptors (Lipinski definition) is 8. The lowest BCUT2D eigenvalue weighted by Crippen LogP contribution is -2.54. The standard InChI is InChI=1S/C37H44N4O7/c1-20(2)34(37(45)40-17-22-14-24(19-40)29-8-7-9-32(44)41(29)18-22)39-28-13-11-25-26(16-30(28)43)27(38-21(3)42)12-10-23-15-31(46-4)35(47-5)36(48-6)33(23)25/h7-9,11,13,15-16,20,22,24,27,34H,10,12,14,17-19H2,1-6H3,(H,38,42)(H,39,43)/t22-,24+,27-,34-/m0/s1. The first kappa shape index (κ1) is 33.1. The van der Waals surface area contributed by atoms with E-state index >= 15 is 0 Å². The van der Waals surface area contributed by atoms with Gasteiger partial charge in [-0.15, -0.1) is 0 Å². The van der Waals surface area contributed by atoms with Gasteiger partial charge in [0.15, 0.2) is 11.5 Å². The maximum atomic E-state index is 14.2. The lowest BCUT2D eigenvalue weighted by atomic mass is 9.82. The summed E-state index contributed by atoms with van der Waals surface area (Å²) in [5.41, 5.74) is 4.02. The monoisotopic (exact) mass is 656 g/mol. The second-order valence-electron chi connectivity index (χ2n) is 13.4. The molecule has 2 amide bonds. The van der Waals surface area contributed by atoms with E-state index in [0.717, 1.165) is 28.8 Å². The average molecular weight is 657 g/mol. The first-order valence-corrected chi connectivity index (χ1v) is 16.6. The van der Waals surface area contributed by atoms with Crippen molar-refractivity contribution in [1.82, 2.24) is 14.8 Å². The van der Waals surface area contributed by atoms with Gasteiger partial charge in [-0.1, -0.05) is 26.0 Å². The van der Waals surface area contributed by atoms with Crippen LogP contribution in [0.15, 0.2) is 52.1 Å². The molecule has 0 unspecified atom stereocenters. The van der Waals surface area contributed by atoms with Crippen LogP contribution in [0.1, 0.15) is 62.4 Å². The number of piperidine rings is 1. The fourth-order valence-electron chi connectivity index (χ4n) is 7.78. The van der Waals surface area contributed by atoms with Crippen LogP contribution in [0.4, 0.5) is 5.69 Å². The normalized spacial score (nSPS) is 20.0. The maximum absolute atomic E-state index is 14.2. The molecule has 3 heterocycles. The third-order valence-electron chi connectivity index (χ3n) is 9.95. The van der Waals surface area contributed by atoms with Gasteiger partial charge in [0.1, 0.15) is 6.04 Å². The van der Waals surface area contributed by atoms with Crippen molar-refractivity contribution in [2.75, 3.05) is 39.7 Å². The summed E-state index contributed by atoms with van der Waals surface area (Å²) in [5, 5.41) is 6.36. The summed E-state index contributed by atoms with van der Waals surface area (Å²) in [6.45, 7) is 7.06. The number of ether oxygens (including phenoxy) is 3. The zero-order valence-corrected chi connectivity index (χ0v) is 28.4. The van der Waals surface area contributed by atoms with Crippen molar-refractivity contribution in [1.29, 1.82) is 0 Å². The molecule has 2 aliphatic heterocycles. The van der Waals surface area contributed by atoms with Crippen molar-refractivity contribution < 1.29 is 23.8 Å². The van der Waals surface area contributed by atoms with E-state index in [1.165, 1.54) is 6.92 Å². The number of aromatic nitrogens is 1. The summed E-state index contributed by atoms with van der Waals surface area (Å²) < 4.78 is 19.1. The van der Waals surface area contributed by atoms with Crippen LogP contribution in [0, 0.1) is 11.8 Å². The highest BCUT2D eigenvalue weighted by Crippen LogP contribution is 2.50. The molecule has 1 fully saturated rings. The molecule has 3 aliphatic rings. The van der Waals surface area contributed by atoms with Crippen LogP contribution < -0.4 is 35.8 Å². The molecule has 2 N–H and O–H groups in total. The Morgan fingerprint density at radius 2 is 1.71 bits per heavy atom. The first-order chi connectivity index (χ1) is 23.0. The van der Waals surface area contributed by atoms with Crippen molar-refractivity contribution >= 4 is 17.5 Å². The Balaban J connectivity index is 1.39. The summed E-state index contributed by atoms with van der Waals surface area (Å²) in [5.74, 6) is 1.29. The molecule has 2 aromatic carbocycles. The van der Waals surface area contributed by atoms with Gasteiger partial charge in [0, 0.05) is 49.8 Å². The minimum atomic E-state index is -0.658. The number of rotatable bonds is 8. The van der Waals surface area contributed by atoms with Crippen molar-refractivity contribution in [2.24, 2.45) is 11.8 Å². The number of likely N-dealkylation sites (tertiary alicyclic amines) is 1. The Hall–Kier alpha value is -4.80. The second-order valence-corrected chi connectivity index (χ2v) is 13.4. The lowest BCUT2D eigenvalue weighted by molar-refractivity contribution is -0.135. The number of nitrogens with one attached hydrogen (secondary N) is 2. The Morgan fingerprint density at radius 3 is 2.40 bits per heavy atom. The molecule has 0 saturated carbocycles. The van der Waals surface area contributed by atoms with Crippen LogP contribution >= 0.6 is 0 Å². The van der Waals surface area contributed by atoms with Gasteiger partial charge in [-0.2, -0.15) is 0 Å². The molecule has 1 aromatic heterocycles. The summed E-state index contributed by atoms with van der Waals surface area (Å²) in [6, 6.07) is 11.3. The minimum Gasteiger partial charge on any atom is -0.493 e. The fraction of sp³-hybridized carbons (Fsp3) is 0.459. The van der Waals surface area contributed by atoms with Gasteiger partial charge in [0.2, 0.25) is 23.0 Å². The van der Waals surface area contributed by atoms with E-state index in [1.54, 1.807) is 45.6 Å². The highest BCUT2D eigenvalue weighted by molar-refractivity contribution is 5.86. The fourth-order valence-corrected chi connectivity index (χ4v) is 7.78. The van der Waals surface area contributed by atoms with Gasteiger partial charge in [-0.05, 0) is 72.1 Å². The quantitative estimate of drug-likeness (QED) is 0.371. The van der Waals surface area contributed by atoms with E-state index in [1.807, 2.05) is 41.5 Å². The Bertz CT molecular complexity index is 1870.